The second kappa shape index (κ2) is 7.82. The Kier molecular flexibility index (Phi) is 5.49. The van der Waals surface area contributed by atoms with E-state index >= 15 is 0 Å². The quantitative estimate of drug-likeness (QED) is 0.466. The summed E-state index contributed by atoms with van der Waals surface area (Å²) >= 11 is 11.2. The summed E-state index contributed by atoms with van der Waals surface area (Å²) in [5.41, 5.74) is 0.885. The van der Waals surface area contributed by atoms with Gasteiger partial charge in [-0.3, -0.25) is 19.3 Å². The highest BCUT2D eigenvalue weighted by atomic mass is 35.5. The average molecular weight is 400 g/mol. The van der Waals surface area contributed by atoms with Crippen molar-refractivity contribution in [3.05, 3.63) is 52.1 Å². The van der Waals surface area contributed by atoms with E-state index in [-0.39, 0.29) is 35.4 Å². The summed E-state index contributed by atoms with van der Waals surface area (Å²) in [6, 6.07) is 6.68. The van der Waals surface area contributed by atoms with Crippen LogP contribution in [0.2, 0.25) is 0 Å². The maximum absolute atomic E-state index is 12.7. The molecule has 1 aliphatic carbocycles. The molecule has 0 bridgehead atoms. The number of carbonyl (C=O) groups excluding carboxylic acids is 3. The molecule has 3 amide bonds. The lowest BCUT2D eigenvalue weighted by Crippen LogP contribution is -2.31. The smallest absolute Gasteiger partial charge is 0.263 e. The number of amides is 3. The van der Waals surface area contributed by atoms with Crippen molar-refractivity contribution < 1.29 is 14.4 Å². The van der Waals surface area contributed by atoms with E-state index in [1.165, 1.54) is 6.08 Å². The summed E-state index contributed by atoms with van der Waals surface area (Å²) < 4.78 is 0. The zero-order valence-corrected chi connectivity index (χ0v) is 15.7. The van der Waals surface area contributed by atoms with Gasteiger partial charge in [0.25, 0.3) is 17.7 Å². The van der Waals surface area contributed by atoms with E-state index in [0.717, 1.165) is 4.90 Å². The van der Waals surface area contributed by atoms with Gasteiger partial charge in [-0.1, -0.05) is 36.0 Å². The minimum absolute atomic E-state index is 0.150. The predicted molar refractivity (Wildman–Crippen MR) is 105 cm³/mol. The molecule has 1 aliphatic heterocycles. The third-order valence-corrected chi connectivity index (χ3v) is 4.88. The predicted octanol–water partition coefficient (Wildman–Crippen LogP) is 3.35. The summed E-state index contributed by atoms with van der Waals surface area (Å²) in [6.45, 7) is 0.156. The molecule has 0 aromatic heterocycles. The Morgan fingerprint density at radius 3 is 2.85 bits per heavy atom. The molecule has 6 nitrogen and oxygen atoms in total. The molecule has 0 spiro atoms. The number of hydrogen-bond donors (Lipinski definition) is 1. The average Bonchev–Trinajstić information content (AvgIpc) is 2.89. The standard InChI is InChI=1S/C19H14ClN3O3S/c20-11-6-7-15(27)13(10-11)17(24)22-14-5-3-4-12-16(14)19(26)23(18(12)25)9-2-1-8-21/h3-6,10H,1-2,7,9H2,(H,22,24). The number of benzene rings is 1. The SMILES string of the molecule is N#CCCCN1C(=O)c2cccc(NC(=O)C3=CC(Cl)=CCC3=S)c2C1=O. The molecule has 1 aromatic rings. The van der Waals surface area contributed by atoms with Gasteiger partial charge in [0, 0.05) is 29.3 Å². The summed E-state index contributed by atoms with van der Waals surface area (Å²) in [7, 11) is 0. The monoisotopic (exact) mass is 399 g/mol. The Morgan fingerprint density at radius 2 is 2.11 bits per heavy atom. The van der Waals surface area contributed by atoms with E-state index in [2.05, 4.69) is 5.32 Å². The van der Waals surface area contributed by atoms with Gasteiger partial charge in [-0.05, 0) is 24.6 Å². The molecular weight excluding hydrogens is 386 g/mol. The van der Waals surface area contributed by atoms with E-state index in [1.807, 2.05) is 6.07 Å². The van der Waals surface area contributed by atoms with Crippen LogP contribution in [0.3, 0.4) is 0 Å². The van der Waals surface area contributed by atoms with Crippen LogP contribution < -0.4 is 5.32 Å². The number of hydrogen-bond acceptors (Lipinski definition) is 5. The van der Waals surface area contributed by atoms with Crippen LogP contribution in [0.5, 0.6) is 0 Å². The van der Waals surface area contributed by atoms with Gasteiger partial charge < -0.3 is 5.32 Å². The van der Waals surface area contributed by atoms with Crippen LogP contribution in [0, 0.1) is 11.3 Å². The first-order valence-corrected chi connectivity index (χ1v) is 9.00. The lowest BCUT2D eigenvalue weighted by atomic mass is 10.0. The third-order valence-electron chi connectivity index (χ3n) is 4.23. The number of imide groups is 1. The van der Waals surface area contributed by atoms with Crippen LogP contribution in [-0.2, 0) is 4.79 Å². The molecule has 1 N–H and O–H groups in total. The molecule has 1 aromatic carbocycles. The zero-order valence-electron chi connectivity index (χ0n) is 14.1. The molecule has 0 unspecified atom stereocenters. The van der Waals surface area contributed by atoms with Gasteiger partial charge in [0.2, 0.25) is 0 Å². The molecule has 8 heteroatoms. The number of nitrogens with one attached hydrogen (secondary N) is 1. The number of halogens is 1. The lowest BCUT2D eigenvalue weighted by molar-refractivity contribution is -0.112. The Hall–Kier alpha value is -2.82. The number of carbonyl (C=O) groups is 3. The van der Waals surface area contributed by atoms with Gasteiger partial charge in [-0.25, -0.2) is 0 Å². The van der Waals surface area contributed by atoms with Gasteiger partial charge in [-0.15, -0.1) is 0 Å². The fraction of sp³-hybridized carbons (Fsp3) is 0.211. The molecule has 3 rings (SSSR count). The van der Waals surface area contributed by atoms with E-state index in [0.29, 0.717) is 22.7 Å². The van der Waals surface area contributed by atoms with Crippen LogP contribution in [0.4, 0.5) is 5.69 Å². The molecular formula is C19H14ClN3O3S. The van der Waals surface area contributed by atoms with Crippen molar-refractivity contribution in [3.8, 4) is 6.07 Å². The highest BCUT2D eigenvalue weighted by Crippen LogP contribution is 2.30. The molecule has 1 heterocycles. The van der Waals surface area contributed by atoms with Crippen LogP contribution in [0.25, 0.3) is 0 Å². The van der Waals surface area contributed by atoms with E-state index < -0.39 is 17.7 Å². The molecule has 0 saturated carbocycles. The first-order valence-electron chi connectivity index (χ1n) is 8.22. The highest BCUT2D eigenvalue weighted by Gasteiger charge is 2.37. The summed E-state index contributed by atoms with van der Waals surface area (Å²) in [5, 5.41) is 11.7. The highest BCUT2D eigenvalue weighted by molar-refractivity contribution is 7.81. The van der Waals surface area contributed by atoms with Crippen molar-refractivity contribution in [1.29, 1.82) is 5.26 Å². The van der Waals surface area contributed by atoms with Crippen LogP contribution in [-0.4, -0.2) is 34.0 Å². The van der Waals surface area contributed by atoms with Crippen LogP contribution >= 0.6 is 23.8 Å². The largest absolute Gasteiger partial charge is 0.321 e. The van der Waals surface area contributed by atoms with Crippen molar-refractivity contribution in [2.75, 3.05) is 11.9 Å². The second-order valence-electron chi connectivity index (χ2n) is 5.98. The topological polar surface area (TPSA) is 90.3 Å². The third kappa shape index (κ3) is 3.68. The molecule has 2 aliphatic rings. The van der Waals surface area contributed by atoms with Crippen LogP contribution in [0.15, 0.2) is 41.0 Å². The maximum Gasteiger partial charge on any atom is 0.263 e. The molecule has 0 atom stereocenters. The molecule has 136 valence electrons. The normalized spacial score (nSPS) is 15.9. The fourth-order valence-electron chi connectivity index (χ4n) is 2.92. The maximum atomic E-state index is 12.7. The van der Waals surface area contributed by atoms with E-state index in [4.69, 9.17) is 29.1 Å². The minimum Gasteiger partial charge on any atom is -0.321 e. The van der Waals surface area contributed by atoms with Crippen molar-refractivity contribution in [2.45, 2.75) is 19.3 Å². The summed E-state index contributed by atoms with van der Waals surface area (Å²) in [5.74, 6) is -1.40. The zero-order chi connectivity index (χ0) is 19.6. The molecule has 27 heavy (non-hydrogen) atoms. The van der Waals surface area contributed by atoms with Gasteiger partial charge in [0.15, 0.2) is 0 Å². The lowest BCUT2D eigenvalue weighted by Gasteiger charge is -2.14. The number of fused-ring (bicyclic) bond motifs is 1. The van der Waals surface area contributed by atoms with Crippen LogP contribution in [0.1, 0.15) is 40.0 Å². The number of anilines is 1. The Bertz CT molecular complexity index is 975. The Morgan fingerprint density at radius 1 is 1.33 bits per heavy atom. The molecule has 0 radical (unpaired) electrons. The summed E-state index contributed by atoms with van der Waals surface area (Å²) in [4.78, 5) is 39.3. The number of allylic oxidation sites excluding steroid dienone is 3. The summed E-state index contributed by atoms with van der Waals surface area (Å²) in [6.07, 6.45) is 4.23. The van der Waals surface area contributed by atoms with Crippen molar-refractivity contribution in [3.63, 3.8) is 0 Å². The minimum atomic E-state index is -0.484. The Labute approximate surface area is 166 Å². The van der Waals surface area contributed by atoms with Crippen molar-refractivity contribution >= 4 is 52.1 Å². The number of nitrogens with zero attached hydrogens (tertiary/aromatic N) is 2. The van der Waals surface area contributed by atoms with Gasteiger partial charge in [0.1, 0.15) is 0 Å². The molecule has 0 fully saturated rings. The number of rotatable bonds is 5. The van der Waals surface area contributed by atoms with Gasteiger partial charge in [-0.2, -0.15) is 5.26 Å². The first kappa shape index (κ1) is 19.0. The van der Waals surface area contributed by atoms with Gasteiger partial charge in [0.05, 0.1) is 28.5 Å². The number of thiocarbonyl (C=S) groups is 1. The van der Waals surface area contributed by atoms with Gasteiger partial charge >= 0.3 is 0 Å². The second-order valence-corrected chi connectivity index (χ2v) is 6.91. The number of unbranched alkanes of at least 4 members (excludes halogenated alkanes) is 1. The Balaban J connectivity index is 1.87. The molecule has 0 saturated heterocycles. The van der Waals surface area contributed by atoms with E-state index in [9.17, 15) is 14.4 Å². The number of nitriles is 1. The van der Waals surface area contributed by atoms with Crippen molar-refractivity contribution in [1.82, 2.24) is 4.90 Å². The fourth-order valence-corrected chi connectivity index (χ4v) is 3.34. The van der Waals surface area contributed by atoms with E-state index in [1.54, 1.807) is 24.3 Å². The van der Waals surface area contributed by atoms with Crippen molar-refractivity contribution in [2.24, 2.45) is 0 Å². The first-order chi connectivity index (χ1) is 12.9.